The molecule has 0 saturated heterocycles. The van der Waals surface area contributed by atoms with Gasteiger partial charge in [-0.15, -0.1) is 0 Å². The zero-order valence-corrected chi connectivity index (χ0v) is 53.7. The number of esters is 3. The molecule has 468 valence electrons. The maximum Gasteiger partial charge on any atom is 0.306 e. The van der Waals surface area contributed by atoms with Crippen LogP contribution in [-0.2, 0) is 28.6 Å². The minimum absolute atomic E-state index is 0.0859. The fraction of sp³-hybridized carbons (Fsp3) is 0.697. The Balaban J connectivity index is 4.30. The van der Waals surface area contributed by atoms with Gasteiger partial charge in [-0.25, -0.2) is 0 Å². The summed E-state index contributed by atoms with van der Waals surface area (Å²) in [6, 6.07) is 0. The van der Waals surface area contributed by atoms with Gasteiger partial charge in [0.2, 0.25) is 0 Å². The smallest absolute Gasteiger partial charge is 0.306 e. The van der Waals surface area contributed by atoms with Crippen LogP contribution in [-0.4, -0.2) is 37.2 Å². The van der Waals surface area contributed by atoms with Crippen molar-refractivity contribution in [1.29, 1.82) is 0 Å². The zero-order valence-electron chi connectivity index (χ0n) is 53.7. The van der Waals surface area contributed by atoms with Crippen LogP contribution in [0.5, 0.6) is 0 Å². The summed E-state index contributed by atoms with van der Waals surface area (Å²) in [5.74, 6) is -0.895. The lowest BCUT2D eigenvalue weighted by Crippen LogP contribution is -2.30. The van der Waals surface area contributed by atoms with Crippen LogP contribution in [0, 0.1) is 0 Å². The lowest BCUT2D eigenvalue weighted by Gasteiger charge is -2.18. The SMILES string of the molecule is CC/C=C\C/C=C\C/C=C\C/C=C\C/C=C\C/C=C\C/C=C\C/C=C\CCCCCCCCCCC(=O)OCC(COC(=O)CCCCCCC/C=C\C/C=C\CCCCC)OC(=O)CCCCCCCCCCCCCCCCCC. The van der Waals surface area contributed by atoms with Gasteiger partial charge in [-0.2, -0.15) is 0 Å². The third-order valence-electron chi connectivity index (χ3n) is 14.7. The lowest BCUT2D eigenvalue weighted by atomic mass is 10.0. The number of hydrogen-bond donors (Lipinski definition) is 0. The fourth-order valence-corrected chi connectivity index (χ4v) is 9.55. The third-order valence-corrected chi connectivity index (χ3v) is 14.7. The Kier molecular flexibility index (Phi) is 65.8. The Morgan fingerprint density at radius 1 is 0.256 bits per heavy atom. The van der Waals surface area contributed by atoms with Crippen LogP contribution in [0.4, 0.5) is 0 Å². The number of ether oxygens (including phenoxy) is 3. The van der Waals surface area contributed by atoms with Gasteiger partial charge in [-0.1, -0.05) is 309 Å². The Labute approximate surface area is 507 Å². The Morgan fingerprint density at radius 3 is 0.768 bits per heavy atom. The van der Waals surface area contributed by atoms with E-state index in [0.29, 0.717) is 19.3 Å². The molecule has 82 heavy (non-hydrogen) atoms. The summed E-state index contributed by atoms with van der Waals surface area (Å²) in [5, 5.41) is 0. The van der Waals surface area contributed by atoms with Crippen LogP contribution in [0.3, 0.4) is 0 Å². The molecule has 0 aliphatic rings. The van der Waals surface area contributed by atoms with E-state index in [1.165, 1.54) is 148 Å². The predicted molar refractivity (Wildman–Crippen MR) is 357 cm³/mol. The Morgan fingerprint density at radius 2 is 0.476 bits per heavy atom. The lowest BCUT2D eigenvalue weighted by molar-refractivity contribution is -0.167. The normalized spacial score (nSPS) is 12.9. The average molecular weight is 1140 g/mol. The van der Waals surface area contributed by atoms with Gasteiger partial charge >= 0.3 is 17.9 Å². The van der Waals surface area contributed by atoms with Crippen molar-refractivity contribution in [3.8, 4) is 0 Å². The monoisotopic (exact) mass is 1140 g/mol. The molecular formula is C76H128O6. The molecule has 1 atom stereocenters. The quantitative estimate of drug-likeness (QED) is 0.0261. The molecule has 0 amide bonds. The number of allylic oxidation sites excluding steroid dienone is 20. The molecule has 0 aromatic heterocycles. The van der Waals surface area contributed by atoms with Gasteiger partial charge in [-0.05, 0) is 116 Å². The van der Waals surface area contributed by atoms with Gasteiger partial charge in [0.05, 0.1) is 0 Å². The second kappa shape index (κ2) is 69.3. The van der Waals surface area contributed by atoms with E-state index in [2.05, 4.69) is 142 Å². The summed E-state index contributed by atoms with van der Waals surface area (Å²) >= 11 is 0. The van der Waals surface area contributed by atoms with E-state index >= 15 is 0 Å². The predicted octanol–water partition coefficient (Wildman–Crippen LogP) is 23.9. The third kappa shape index (κ3) is 66.6. The van der Waals surface area contributed by atoms with E-state index in [1.54, 1.807) is 0 Å². The molecule has 0 fully saturated rings. The summed E-state index contributed by atoms with van der Waals surface area (Å²) < 4.78 is 16.9. The van der Waals surface area contributed by atoms with Crippen LogP contribution < -0.4 is 0 Å². The molecule has 0 aromatic rings. The van der Waals surface area contributed by atoms with Gasteiger partial charge < -0.3 is 14.2 Å². The van der Waals surface area contributed by atoms with Crippen LogP contribution >= 0.6 is 0 Å². The molecule has 0 spiro atoms. The van der Waals surface area contributed by atoms with Crippen molar-refractivity contribution >= 4 is 17.9 Å². The molecule has 0 aliphatic carbocycles. The van der Waals surface area contributed by atoms with Gasteiger partial charge in [-0.3, -0.25) is 14.4 Å². The maximum atomic E-state index is 12.9. The summed E-state index contributed by atoms with van der Waals surface area (Å²) in [6.45, 7) is 6.51. The number of hydrogen-bond acceptors (Lipinski definition) is 6. The highest BCUT2D eigenvalue weighted by atomic mass is 16.6. The summed E-state index contributed by atoms with van der Waals surface area (Å²) in [7, 11) is 0. The van der Waals surface area contributed by atoms with Crippen molar-refractivity contribution in [2.24, 2.45) is 0 Å². The minimum Gasteiger partial charge on any atom is -0.462 e. The summed E-state index contributed by atoms with van der Waals surface area (Å²) in [4.78, 5) is 38.4. The van der Waals surface area contributed by atoms with E-state index in [4.69, 9.17) is 14.2 Å². The molecule has 0 N–H and O–H groups in total. The molecular weight excluding hydrogens is 1010 g/mol. The largest absolute Gasteiger partial charge is 0.462 e. The fourth-order valence-electron chi connectivity index (χ4n) is 9.55. The van der Waals surface area contributed by atoms with Gasteiger partial charge in [0.1, 0.15) is 13.2 Å². The molecule has 0 bridgehead atoms. The van der Waals surface area contributed by atoms with E-state index in [-0.39, 0.29) is 31.1 Å². The topological polar surface area (TPSA) is 78.9 Å². The van der Waals surface area contributed by atoms with Gasteiger partial charge in [0.15, 0.2) is 6.10 Å². The minimum atomic E-state index is -0.789. The molecule has 6 nitrogen and oxygen atoms in total. The molecule has 6 heteroatoms. The highest BCUT2D eigenvalue weighted by Gasteiger charge is 2.19. The van der Waals surface area contributed by atoms with Crippen LogP contribution in [0.2, 0.25) is 0 Å². The molecule has 0 saturated carbocycles. The van der Waals surface area contributed by atoms with Crippen LogP contribution in [0.15, 0.2) is 122 Å². The zero-order chi connectivity index (χ0) is 59.2. The average Bonchev–Trinajstić information content (AvgIpc) is 3.47. The molecule has 0 aromatic carbocycles. The summed E-state index contributed by atoms with van der Waals surface area (Å²) in [6.07, 6.45) is 96.4. The van der Waals surface area contributed by atoms with Gasteiger partial charge in [0, 0.05) is 19.3 Å². The van der Waals surface area contributed by atoms with E-state index in [0.717, 1.165) is 135 Å². The molecule has 0 aliphatic heterocycles. The first-order valence-electron chi connectivity index (χ1n) is 34.5. The standard InChI is InChI=1S/C76H128O6/c1-4-7-10-13-16-19-22-25-28-30-31-32-33-34-35-36-37-38-39-40-41-42-43-44-45-46-49-51-54-57-60-63-66-69-75(78)81-72-73(71-80-74(77)68-65-62-59-56-53-50-47-27-24-21-18-15-12-9-6-3)82-76(79)70-67-64-61-58-55-52-48-29-26-23-20-17-14-11-8-5-2/h7,10,16,18-19,21,25,27-28,31-32,34-35,37-38,40-41,43-44,47,73H,4-6,8-9,11-15,17,20,22-24,26,29-30,33,36,39,42,45-46,48-72H2,1-3H3/b10-7-,19-16-,21-18-,28-25-,32-31-,35-34-,38-37-,41-40-,44-43-,47-27-. The Hall–Kier alpha value is -4.19. The maximum absolute atomic E-state index is 12.9. The van der Waals surface area contributed by atoms with Crippen molar-refractivity contribution < 1.29 is 28.6 Å². The summed E-state index contributed by atoms with van der Waals surface area (Å²) in [5.41, 5.74) is 0. The van der Waals surface area contributed by atoms with Crippen LogP contribution in [0.25, 0.3) is 0 Å². The van der Waals surface area contributed by atoms with Crippen molar-refractivity contribution in [1.82, 2.24) is 0 Å². The Bertz CT molecular complexity index is 1690. The second-order valence-electron chi connectivity index (χ2n) is 22.7. The molecule has 1 unspecified atom stereocenters. The van der Waals surface area contributed by atoms with Gasteiger partial charge in [0.25, 0.3) is 0 Å². The first kappa shape index (κ1) is 77.8. The van der Waals surface area contributed by atoms with Crippen molar-refractivity contribution in [2.45, 2.75) is 329 Å². The number of unbranched alkanes of at least 4 members (excludes halogenated alkanes) is 31. The van der Waals surface area contributed by atoms with Crippen molar-refractivity contribution in [3.05, 3.63) is 122 Å². The molecule has 0 rings (SSSR count). The highest BCUT2D eigenvalue weighted by Crippen LogP contribution is 2.16. The van der Waals surface area contributed by atoms with E-state index in [9.17, 15) is 14.4 Å². The van der Waals surface area contributed by atoms with Crippen molar-refractivity contribution in [2.75, 3.05) is 13.2 Å². The molecule has 0 heterocycles. The number of carbonyl (C=O) groups is 3. The number of rotatable bonds is 62. The number of carbonyl (C=O) groups excluding carboxylic acids is 3. The van der Waals surface area contributed by atoms with E-state index in [1.807, 2.05) is 0 Å². The van der Waals surface area contributed by atoms with E-state index < -0.39 is 6.10 Å². The second-order valence-corrected chi connectivity index (χ2v) is 22.7. The van der Waals surface area contributed by atoms with Crippen molar-refractivity contribution in [3.63, 3.8) is 0 Å². The first-order valence-corrected chi connectivity index (χ1v) is 34.5. The molecule has 0 radical (unpaired) electrons. The first-order chi connectivity index (χ1) is 40.5. The highest BCUT2D eigenvalue weighted by molar-refractivity contribution is 5.71. The van der Waals surface area contributed by atoms with Crippen LogP contribution in [0.1, 0.15) is 323 Å².